The first kappa shape index (κ1) is 21.8. The molecule has 3 amide bonds. The number of carbonyl (C=O) groups excluding carboxylic acids is 4. The van der Waals surface area contributed by atoms with Crippen LogP contribution in [0.25, 0.3) is 0 Å². The minimum Gasteiger partial charge on any atom is -0.455 e. The van der Waals surface area contributed by atoms with Crippen molar-refractivity contribution in [3.05, 3.63) is 63.6 Å². The number of amides is 3. The van der Waals surface area contributed by atoms with Gasteiger partial charge in [0, 0.05) is 27.2 Å². The fourth-order valence-corrected chi connectivity index (χ4v) is 3.14. The molecule has 0 aliphatic carbocycles. The van der Waals surface area contributed by atoms with Crippen molar-refractivity contribution in [1.29, 1.82) is 0 Å². The van der Waals surface area contributed by atoms with Gasteiger partial charge in [-0.2, -0.15) is 0 Å². The maximum absolute atomic E-state index is 12.2. The van der Waals surface area contributed by atoms with Crippen LogP contribution in [0.3, 0.4) is 0 Å². The van der Waals surface area contributed by atoms with Gasteiger partial charge in [-0.25, -0.2) is 0 Å². The van der Waals surface area contributed by atoms with E-state index < -0.39 is 36.2 Å². The molecule has 0 bridgehead atoms. The van der Waals surface area contributed by atoms with E-state index in [9.17, 15) is 19.2 Å². The van der Waals surface area contributed by atoms with Gasteiger partial charge in [0.1, 0.15) is 0 Å². The Kier molecular flexibility index (Phi) is 7.07. The third kappa shape index (κ3) is 5.80. The third-order valence-corrected chi connectivity index (χ3v) is 5.06. The van der Waals surface area contributed by atoms with Gasteiger partial charge in [0.05, 0.1) is 12.5 Å². The van der Waals surface area contributed by atoms with Crippen molar-refractivity contribution in [1.82, 2.24) is 10.4 Å². The largest absolute Gasteiger partial charge is 0.455 e. The first-order valence-electron chi connectivity index (χ1n) is 8.91. The average Bonchev–Trinajstić information content (AvgIpc) is 3.09. The summed E-state index contributed by atoms with van der Waals surface area (Å²) in [6.45, 7) is -0.512. The van der Waals surface area contributed by atoms with Crippen molar-refractivity contribution in [3.8, 4) is 0 Å². The molecule has 1 atom stereocenters. The molecule has 1 fully saturated rings. The highest BCUT2D eigenvalue weighted by Gasteiger charge is 2.36. The van der Waals surface area contributed by atoms with Crippen LogP contribution in [-0.4, -0.2) is 41.9 Å². The molecule has 1 saturated heterocycles. The van der Waals surface area contributed by atoms with Crippen LogP contribution in [0.5, 0.6) is 0 Å². The summed E-state index contributed by atoms with van der Waals surface area (Å²) >= 11 is 9.08. The second kappa shape index (κ2) is 9.73. The van der Waals surface area contributed by atoms with Crippen molar-refractivity contribution < 1.29 is 23.9 Å². The smallest absolute Gasteiger partial charge is 0.311 e. The van der Waals surface area contributed by atoms with Crippen molar-refractivity contribution in [3.63, 3.8) is 0 Å². The van der Waals surface area contributed by atoms with Crippen LogP contribution in [0.2, 0.25) is 5.02 Å². The number of anilines is 1. The van der Waals surface area contributed by atoms with E-state index >= 15 is 0 Å². The maximum atomic E-state index is 12.2. The van der Waals surface area contributed by atoms with Gasteiger partial charge in [-0.1, -0.05) is 27.5 Å². The normalized spacial score (nSPS) is 15.6. The summed E-state index contributed by atoms with van der Waals surface area (Å²) in [5, 5.41) is 4.16. The molecule has 1 aliphatic rings. The number of nitrogens with one attached hydrogen (secondary N) is 2. The maximum Gasteiger partial charge on any atom is 0.311 e. The molecule has 8 nitrogen and oxygen atoms in total. The summed E-state index contributed by atoms with van der Waals surface area (Å²) in [6.07, 6.45) is -0.117. The third-order valence-electron chi connectivity index (χ3n) is 4.27. The summed E-state index contributed by atoms with van der Waals surface area (Å²) in [4.78, 5) is 48.5. The summed E-state index contributed by atoms with van der Waals surface area (Å²) in [5.74, 6) is -2.87. The van der Waals surface area contributed by atoms with Gasteiger partial charge >= 0.3 is 5.97 Å². The Hall–Kier alpha value is -2.91. The van der Waals surface area contributed by atoms with E-state index in [4.69, 9.17) is 16.3 Å². The Bertz CT molecular complexity index is 965. The highest BCUT2D eigenvalue weighted by Crippen LogP contribution is 2.19. The Labute approximate surface area is 185 Å². The van der Waals surface area contributed by atoms with Crippen molar-refractivity contribution in [2.45, 2.75) is 6.42 Å². The molecule has 0 saturated carbocycles. The van der Waals surface area contributed by atoms with Crippen LogP contribution in [0.4, 0.5) is 5.69 Å². The van der Waals surface area contributed by atoms with Crippen molar-refractivity contribution in [2.24, 2.45) is 5.92 Å². The minimum absolute atomic E-state index is 0.0364. The van der Waals surface area contributed by atoms with E-state index in [1.165, 1.54) is 12.1 Å². The quantitative estimate of drug-likeness (QED) is 0.601. The Balaban J connectivity index is 1.47. The average molecular weight is 495 g/mol. The molecule has 0 spiro atoms. The monoisotopic (exact) mass is 493 g/mol. The topological polar surface area (TPSA) is 105 Å². The molecule has 0 radical (unpaired) electrons. The zero-order valence-electron chi connectivity index (χ0n) is 15.6. The lowest BCUT2D eigenvalue weighted by molar-refractivity contribution is -0.151. The highest BCUT2D eigenvalue weighted by atomic mass is 79.9. The molecule has 0 aromatic heterocycles. The zero-order chi connectivity index (χ0) is 21.7. The highest BCUT2D eigenvalue weighted by molar-refractivity contribution is 9.10. The summed E-state index contributed by atoms with van der Waals surface area (Å²) in [7, 11) is 0. The molecule has 1 aliphatic heterocycles. The molecule has 3 rings (SSSR count). The Morgan fingerprint density at radius 1 is 1.10 bits per heavy atom. The number of nitrogens with zero attached hydrogens (tertiary/aromatic N) is 1. The minimum atomic E-state index is -0.775. The van der Waals surface area contributed by atoms with Crippen LogP contribution in [0.15, 0.2) is 53.0 Å². The van der Waals surface area contributed by atoms with E-state index in [1.54, 1.807) is 36.4 Å². The number of halogens is 2. The number of benzene rings is 2. The number of carbonyl (C=O) groups is 4. The van der Waals surface area contributed by atoms with Gasteiger partial charge in [-0.05, 0) is 48.5 Å². The molecule has 10 heteroatoms. The van der Waals surface area contributed by atoms with E-state index in [2.05, 4.69) is 26.7 Å². The van der Waals surface area contributed by atoms with Gasteiger partial charge < -0.3 is 10.1 Å². The standard InChI is InChI=1S/C20H17BrClN3O5/c21-14-3-7-16(8-4-14)23-17(26)11-30-20(29)13-9-18(27)25(10-13)24-19(28)12-1-5-15(22)6-2-12/h1-8,13H,9-11H2,(H,23,26)(H,24,28)/t13-/m1/s1. The van der Waals surface area contributed by atoms with Crippen LogP contribution in [0, 0.1) is 5.92 Å². The number of esters is 1. The summed E-state index contributed by atoms with van der Waals surface area (Å²) in [5.41, 5.74) is 3.35. The lowest BCUT2D eigenvalue weighted by Gasteiger charge is -2.17. The summed E-state index contributed by atoms with van der Waals surface area (Å²) in [6, 6.07) is 13.1. The van der Waals surface area contributed by atoms with Crippen molar-refractivity contribution in [2.75, 3.05) is 18.5 Å². The van der Waals surface area contributed by atoms with E-state index in [0.29, 0.717) is 16.3 Å². The van der Waals surface area contributed by atoms with Crippen molar-refractivity contribution >= 4 is 56.9 Å². The number of ether oxygens (including phenoxy) is 1. The zero-order valence-corrected chi connectivity index (χ0v) is 17.9. The molecular formula is C20H17BrClN3O5. The molecule has 30 heavy (non-hydrogen) atoms. The fraction of sp³-hybridized carbons (Fsp3) is 0.200. The number of rotatable bonds is 6. The van der Waals surface area contributed by atoms with Gasteiger partial charge in [-0.3, -0.25) is 29.6 Å². The number of hydrazine groups is 1. The Morgan fingerprint density at radius 3 is 2.43 bits per heavy atom. The lowest BCUT2D eigenvalue weighted by Crippen LogP contribution is -2.43. The van der Waals surface area contributed by atoms with Crippen LogP contribution < -0.4 is 10.7 Å². The molecule has 2 N–H and O–H groups in total. The Morgan fingerprint density at radius 2 is 1.77 bits per heavy atom. The molecular weight excluding hydrogens is 478 g/mol. The molecule has 1 heterocycles. The molecule has 0 unspecified atom stereocenters. The molecule has 156 valence electrons. The van der Waals surface area contributed by atoms with Crippen LogP contribution in [-0.2, 0) is 19.1 Å². The predicted octanol–water partition coefficient (Wildman–Crippen LogP) is 2.78. The van der Waals surface area contributed by atoms with E-state index in [1.807, 2.05) is 0 Å². The molecule has 2 aromatic rings. The second-order valence-corrected chi connectivity index (χ2v) is 7.87. The van der Waals surface area contributed by atoms with E-state index in [0.717, 1.165) is 9.48 Å². The van der Waals surface area contributed by atoms with Gasteiger partial charge in [0.25, 0.3) is 11.8 Å². The first-order chi connectivity index (χ1) is 14.3. The predicted molar refractivity (Wildman–Crippen MR) is 112 cm³/mol. The van der Waals surface area contributed by atoms with Crippen LogP contribution in [0.1, 0.15) is 16.8 Å². The van der Waals surface area contributed by atoms with Crippen LogP contribution >= 0.6 is 27.5 Å². The fourth-order valence-electron chi connectivity index (χ4n) is 2.75. The first-order valence-corrected chi connectivity index (χ1v) is 10.1. The van der Waals surface area contributed by atoms with Gasteiger partial charge in [0.2, 0.25) is 5.91 Å². The molecule has 2 aromatic carbocycles. The second-order valence-electron chi connectivity index (χ2n) is 6.52. The van der Waals surface area contributed by atoms with E-state index in [-0.39, 0.29) is 13.0 Å². The lowest BCUT2D eigenvalue weighted by atomic mass is 10.1. The SMILES string of the molecule is O=C(COC(=O)[C@@H]1CC(=O)N(NC(=O)c2ccc(Cl)cc2)C1)Nc1ccc(Br)cc1. The summed E-state index contributed by atoms with van der Waals surface area (Å²) < 4.78 is 5.88. The number of hydrogen-bond acceptors (Lipinski definition) is 5. The van der Waals surface area contributed by atoms with Gasteiger partial charge in [-0.15, -0.1) is 0 Å². The number of hydrogen-bond donors (Lipinski definition) is 2. The van der Waals surface area contributed by atoms with Gasteiger partial charge in [0.15, 0.2) is 6.61 Å².